The molecule has 200 valence electrons. The Labute approximate surface area is 216 Å². The van der Waals surface area contributed by atoms with Gasteiger partial charge in [0.2, 0.25) is 5.91 Å². The van der Waals surface area contributed by atoms with Crippen LogP contribution in [0.15, 0.2) is 36.4 Å². The molecule has 2 heterocycles. The van der Waals surface area contributed by atoms with Gasteiger partial charge in [-0.05, 0) is 74.5 Å². The standard InChI is InChI=1S/C28H34F3N3O3/c1-4-33(5-2)26(35)22-7-6-12-32(17-22)15-21-13-19(3)25-23(14-21)18-34(27(25)36)16-20-8-10-24(11-9-20)37-28(29,30)31/h8-11,13-14,22H,4-7,12,15-18H2,1-3H3. The lowest BCUT2D eigenvalue weighted by Gasteiger charge is -2.34. The lowest BCUT2D eigenvalue weighted by Crippen LogP contribution is -2.44. The lowest BCUT2D eigenvalue weighted by atomic mass is 9.95. The summed E-state index contributed by atoms with van der Waals surface area (Å²) in [6.07, 6.45) is -2.83. The van der Waals surface area contributed by atoms with Gasteiger partial charge in [-0.25, -0.2) is 0 Å². The number of rotatable bonds is 8. The maximum Gasteiger partial charge on any atom is 0.573 e. The summed E-state index contributed by atoms with van der Waals surface area (Å²) in [6.45, 7) is 10.6. The maximum absolute atomic E-state index is 13.1. The minimum atomic E-state index is -4.74. The summed E-state index contributed by atoms with van der Waals surface area (Å²) in [5.41, 5.74) is 4.43. The van der Waals surface area contributed by atoms with E-state index in [0.29, 0.717) is 18.7 Å². The molecule has 0 aromatic heterocycles. The fourth-order valence-corrected chi connectivity index (χ4v) is 5.50. The minimum absolute atomic E-state index is 0.0224. The van der Waals surface area contributed by atoms with Gasteiger partial charge in [0.25, 0.3) is 5.91 Å². The van der Waals surface area contributed by atoms with Crippen molar-refractivity contribution in [2.24, 2.45) is 5.92 Å². The van der Waals surface area contributed by atoms with Crippen LogP contribution in [0, 0.1) is 12.8 Å². The first-order valence-corrected chi connectivity index (χ1v) is 12.9. The van der Waals surface area contributed by atoms with Gasteiger partial charge in [-0.1, -0.05) is 24.3 Å². The molecule has 2 aromatic rings. The molecule has 0 bridgehead atoms. The highest BCUT2D eigenvalue weighted by Gasteiger charge is 2.32. The van der Waals surface area contributed by atoms with E-state index in [9.17, 15) is 22.8 Å². The van der Waals surface area contributed by atoms with E-state index < -0.39 is 6.36 Å². The number of ether oxygens (including phenoxy) is 1. The Morgan fingerprint density at radius 2 is 1.78 bits per heavy atom. The van der Waals surface area contributed by atoms with Crippen LogP contribution < -0.4 is 4.74 Å². The number of amides is 2. The summed E-state index contributed by atoms with van der Waals surface area (Å²) in [7, 11) is 0. The van der Waals surface area contributed by atoms with Gasteiger partial charge in [-0.3, -0.25) is 14.5 Å². The number of carbonyl (C=O) groups excluding carboxylic acids is 2. The predicted octanol–water partition coefficient (Wildman–Crippen LogP) is 5.13. The van der Waals surface area contributed by atoms with Crippen molar-refractivity contribution in [3.8, 4) is 5.75 Å². The first-order valence-electron chi connectivity index (χ1n) is 12.9. The van der Waals surface area contributed by atoms with Crippen LogP contribution in [0.2, 0.25) is 0 Å². The Balaban J connectivity index is 1.41. The van der Waals surface area contributed by atoms with Crippen molar-refractivity contribution in [2.75, 3.05) is 26.2 Å². The molecule has 0 aliphatic carbocycles. The average Bonchev–Trinajstić information content (AvgIpc) is 3.15. The quantitative estimate of drug-likeness (QED) is 0.487. The number of halogens is 3. The van der Waals surface area contributed by atoms with Crippen molar-refractivity contribution in [3.05, 3.63) is 64.2 Å². The van der Waals surface area contributed by atoms with Crippen molar-refractivity contribution in [2.45, 2.75) is 59.6 Å². The van der Waals surface area contributed by atoms with Gasteiger partial charge in [-0.2, -0.15) is 0 Å². The molecule has 1 fully saturated rings. The largest absolute Gasteiger partial charge is 0.573 e. The smallest absolute Gasteiger partial charge is 0.406 e. The third-order valence-electron chi connectivity index (χ3n) is 7.21. The first-order chi connectivity index (χ1) is 17.6. The van der Waals surface area contributed by atoms with E-state index in [2.05, 4.69) is 21.8 Å². The summed E-state index contributed by atoms with van der Waals surface area (Å²) in [5, 5.41) is 0. The highest BCUT2D eigenvalue weighted by molar-refractivity contribution is 5.99. The third kappa shape index (κ3) is 6.44. The van der Waals surface area contributed by atoms with Crippen LogP contribution in [0.3, 0.4) is 0 Å². The molecule has 2 aromatic carbocycles. The molecule has 1 unspecified atom stereocenters. The fourth-order valence-electron chi connectivity index (χ4n) is 5.50. The molecule has 37 heavy (non-hydrogen) atoms. The summed E-state index contributed by atoms with van der Waals surface area (Å²) in [6, 6.07) is 9.74. The molecule has 1 saturated heterocycles. The topological polar surface area (TPSA) is 53.1 Å². The van der Waals surface area contributed by atoms with Crippen molar-refractivity contribution in [1.82, 2.24) is 14.7 Å². The SMILES string of the molecule is CCN(CC)C(=O)C1CCCN(Cc2cc(C)c3c(c2)CN(Cc2ccc(OC(F)(F)F)cc2)C3=O)C1. The van der Waals surface area contributed by atoms with E-state index in [0.717, 1.165) is 67.8 Å². The van der Waals surface area contributed by atoms with Gasteiger partial charge in [0.1, 0.15) is 5.75 Å². The molecule has 2 aliphatic rings. The van der Waals surface area contributed by atoms with E-state index in [1.54, 1.807) is 17.0 Å². The first kappa shape index (κ1) is 27.0. The number of hydrogen-bond donors (Lipinski definition) is 0. The maximum atomic E-state index is 13.1. The lowest BCUT2D eigenvalue weighted by molar-refractivity contribution is -0.274. The van der Waals surface area contributed by atoms with Gasteiger partial charge < -0.3 is 14.5 Å². The minimum Gasteiger partial charge on any atom is -0.406 e. The summed E-state index contributed by atoms with van der Waals surface area (Å²) in [5.74, 6) is -0.0997. The molecular weight excluding hydrogens is 483 g/mol. The molecule has 0 radical (unpaired) electrons. The monoisotopic (exact) mass is 517 g/mol. The number of alkyl halides is 3. The zero-order valence-corrected chi connectivity index (χ0v) is 21.6. The van der Waals surface area contributed by atoms with Gasteiger partial charge in [0, 0.05) is 44.8 Å². The zero-order chi connectivity index (χ0) is 26.7. The van der Waals surface area contributed by atoms with Gasteiger partial charge in [-0.15, -0.1) is 13.2 Å². The second-order valence-corrected chi connectivity index (χ2v) is 9.88. The summed E-state index contributed by atoms with van der Waals surface area (Å²) >= 11 is 0. The van der Waals surface area contributed by atoms with E-state index in [1.807, 2.05) is 25.7 Å². The van der Waals surface area contributed by atoms with Crippen LogP contribution in [0.4, 0.5) is 13.2 Å². The number of piperidine rings is 1. The van der Waals surface area contributed by atoms with E-state index in [4.69, 9.17) is 0 Å². The Morgan fingerprint density at radius 1 is 1.08 bits per heavy atom. The zero-order valence-electron chi connectivity index (χ0n) is 21.6. The highest BCUT2D eigenvalue weighted by atomic mass is 19.4. The molecule has 2 amide bonds. The van der Waals surface area contributed by atoms with Gasteiger partial charge in [0.15, 0.2) is 0 Å². The Kier molecular flexibility index (Phi) is 8.11. The number of carbonyl (C=O) groups is 2. The molecule has 2 aliphatic heterocycles. The fraction of sp³-hybridized carbons (Fsp3) is 0.500. The molecule has 1 atom stereocenters. The van der Waals surface area contributed by atoms with Gasteiger partial charge >= 0.3 is 6.36 Å². The summed E-state index contributed by atoms with van der Waals surface area (Å²) in [4.78, 5) is 31.9. The van der Waals surface area contributed by atoms with Crippen LogP contribution in [-0.2, 0) is 24.4 Å². The van der Waals surface area contributed by atoms with E-state index in [1.165, 1.54) is 12.1 Å². The third-order valence-corrected chi connectivity index (χ3v) is 7.21. The van der Waals surface area contributed by atoms with Crippen LogP contribution in [0.25, 0.3) is 0 Å². The molecule has 0 saturated carbocycles. The average molecular weight is 518 g/mol. The molecule has 9 heteroatoms. The number of nitrogens with zero attached hydrogens (tertiary/aromatic N) is 3. The van der Waals surface area contributed by atoms with Crippen LogP contribution in [-0.4, -0.2) is 59.1 Å². The molecule has 0 N–H and O–H groups in total. The number of hydrogen-bond acceptors (Lipinski definition) is 4. The van der Waals surface area contributed by atoms with Gasteiger partial charge in [0.05, 0.1) is 5.92 Å². The van der Waals surface area contributed by atoms with Crippen LogP contribution in [0.1, 0.15) is 59.3 Å². The molecule has 6 nitrogen and oxygen atoms in total. The highest BCUT2D eigenvalue weighted by Crippen LogP contribution is 2.30. The number of aryl methyl sites for hydroxylation is 1. The van der Waals surface area contributed by atoms with E-state index >= 15 is 0 Å². The summed E-state index contributed by atoms with van der Waals surface area (Å²) < 4.78 is 41.2. The van der Waals surface area contributed by atoms with E-state index in [-0.39, 0.29) is 23.5 Å². The van der Waals surface area contributed by atoms with Crippen LogP contribution in [0.5, 0.6) is 5.75 Å². The number of benzene rings is 2. The molecular formula is C28H34F3N3O3. The Hall–Kier alpha value is -3.07. The number of fused-ring (bicyclic) bond motifs is 1. The van der Waals surface area contributed by atoms with Crippen molar-refractivity contribution in [1.29, 1.82) is 0 Å². The second-order valence-electron chi connectivity index (χ2n) is 9.88. The van der Waals surface area contributed by atoms with Crippen molar-refractivity contribution >= 4 is 11.8 Å². The normalized spacial score (nSPS) is 18.2. The molecule has 0 spiro atoms. The number of likely N-dealkylation sites (tertiary alicyclic amines) is 1. The second kappa shape index (κ2) is 11.1. The Morgan fingerprint density at radius 3 is 2.43 bits per heavy atom. The van der Waals surface area contributed by atoms with Crippen molar-refractivity contribution < 1.29 is 27.5 Å². The molecule has 4 rings (SSSR count). The van der Waals surface area contributed by atoms with Crippen LogP contribution >= 0.6 is 0 Å². The Bertz CT molecular complexity index is 1130. The predicted molar refractivity (Wildman–Crippen MR) is 134 cm³/mol. The van der Waals surface area contributed by atoms with Crippen molar-refractivity contribution in [3.63, 3.8) is 0 Å².